The third kappa shape index (κ3) is 3.30. The number of ether oxygens (including phenoxy) is 1. The van der Waals surface area contributed by atoms with E-state index in [1.165, 1.54) is 19.2 Å². The molecule has 4 nitrogen and oxygen atoms in total. The highest BCUT2D eigenvalue weighted by Crippen LogP contribution is 2.30. The van der Waals surface area contributed by atoms with E-state index in [0.717, 1.165) is 18.1 Å². The van der Waals surface area contributed by atoms with Crippen molar-refractivity contribution >= 4 is 16.1 Å². The molecule has 0 aliphatic heterocycles. The molecule has 0 radical (unpaired) electrons. The number of carbonyl (C=O) groups is 1. The number of sulfone groups is 1. The van der Waals surface area contributed by atoms with E-state index in [-0.39, 0.29) is 10.8 Å². The van der Waals surface area contributed by atoms with Gasteiger partial charge in [-0.15, -0.1) is 0 Å². The van der Waals surface area contributed by atoms with Crippen LogP contribution in [0.25, 0.3) is 0 Å². The van der Waals surface area contributed by atoms with Crippen molar-refractivity contribution in [3.8, 4) is 5.75 Å². The summed E-state index contributed by atoms with van der Waals surface area (Å²) in [6.07, 6.45) is 2.37. The Labute approximate surface area is 102 Å². The summed E-state index contributed by atoms with van der Waals surface area (Å²) in [5.41, 5.74) is 0.840. The van der Waals surface area contributed by atoms with Gasteiger partial charge in [0.2, 0.25) is 0 Å². The maximum atomic E-state index is 11.4. The second kappa shape index (κ2) is 5.31. The molecule has 0 fully saturated rings. The van der Waals surface area contributed by atoms with Gasteiger partial charge >= 0.3 is 0 Å². The Morgan fingerprint density at radius 1 is 1.41 bits per heavy atom. The van der Waals surface area contributed by atoms with Crippen molar-refractivity contribution in [1.29, 1.82) is 0 Å². The molecule has 0 bridgehead atoms. The van der Waals surface area contributed by atoms with Crippen molar-refractivity contribution in [3.05, 3.63) is 23.8 Å². The van der Waals surface area contributed by atoms with E-state index >= 15 is 0 Å². The predicted molar refractivity (Wildman–Crippen MR) is 65.2 cm³/mol. The van der Waals surface area contributed by atoms with Gasteiger partial charge < -0.3 is 9.53 Å². The predicted octanol–water partition coefficient (Wildman–Crippen LogP) is 1.79. The number of rotatable bonds is 5. The highest BCUT2D eigenvalue weighted by atomic mass is 32.2. The number of aldehydes is 1. The Morgan fingerprint density at radius 3 is 2.53 bits per heavy atom. The fourth-order valence-electron chi connectivity index (χ4n) is 1.60. The molecular formula is C12H16O4S. The van der Waals surface area contributed by atoms with Gasteiger partial charge in [-0.1, -0.05) is 13.0 Å². The van der Waals surface area contributed by atoms with Crippen LogP contribution in [0.5, 0.6) is 5.75 Å². The van der Waals surface area contributed by atoms with Crippen LogP contribution in [0.2, 0.25) is 0 Å². The molecule has 0 aromatic heterocycles. The highest BCUT2D eigenvalue weighted by molar-refractivity contribution is 7.90. The average molecular weight is 256 g/mol. The Morgan fingerprint density at radius 2 is 2.06 bits per heavy atom. The van der Waals surface area contributed by atoms with Crippen molar-refractivity contribution in [2.24, 2.45) is 0 Å². The van der Waals surface area contributed by atoms with Gasteiger partial charge in [-0.05, 0) is 23.6 Å². The summed E-state index contributed by atoms with van der Waals surface area (Å²) < 4.78 is 28.0. The molecule has 1 atom stereocenters. The molecule has 1 aromatic carbocycles. The Bertz CT molecular complexity index is 505. The second-order valence-electron chi connectivity index (χ2n) is 3.98. The quantitative estimate of drug-likeness (QED) is 0.754. The summed E-state index contributed by atoms with van der Waals surface area (Å²) in [7, 11) is -1.76. The van der Waals surface area contributed by atoms with Crippen molar-refractivity contribution in [3.63, 3.8) is 0 Å². The first kappa shape index (κ1) is 13.7. The van der Waals surface area contributed by atoms with Crippen LogP contribution < -0.4 is 4.74 Å². The largest absolute Gasteiger partial charge is 0.496 e. The van der Waals surface area contributed by atoms with Crippen molar-refractivity contribution in [2.45, 2.75) is 24.2 Å². The van der Waals surface area contributed by atoms with Crippen LogP contribution in [0.4, 0.5) is 0 Å². The van der Waals surface area contributed by atoms with Crippen LogP contribution in [-0.4, -0.2) is 28.1 Å². The van der Waals surface area contributed by atoms with Gasteiger partial charge in [0.15, 0.2) is 9.84 Å². The SMILES string of the molecule is COc1cc(S(C)(=O)=O)ccc1C(C)CC=O. The normalized spacial score (nSPS) is 13.1. The lowest BCUT2D eigenvalue weighted by Gasteiger charge is -2.14. The van der Waals surface area contributed by atoms with Crippen LogP contribution in [0, 0.1) is 0 Å². The Kier molecular flexibility index (Phi) is 4.28. The topological polar surface area (TPSA) is 60.4 Å². The first-order valence-electron chi connectivity index (χ1n) is 5.21. The molecule has 0 amide bonds. The van der Waals surface area contributed by atoms with E-state index in [2.05, 4.69) is 0 Å². The van der Waals surface area contributed by atoms with Gasteiger partial charge in [0.05, 0.1) is 12.0 Å². The lowest BCUT2D eigenvalue weighted by atomic mass is 9.97. The molecule has 0 aliphatic carbocycles. The molecule has 1 aromatic rings. The maximum Gasteiger partial charge on any atom is 0.175 e. The van der Waals surface area contributed by atoms with Crippen LogP contribution in [0.15, 0.2) is 23.1 Å². The summed E-state index contributed by atoms with van der Waals surface area (Å²) in [5.74, 6) is 0.512. The smallest absolute Gasteiger partial charge is 0.175 e. The van der Waals surface area contributed by atoms with Crippen LogP contribution in [0.1, 0.15) is 24.8 Å². The lowest BCUT2D eigenvalue weighted by molar-refractivity contribution is -0.108. The molecule has 5 heteroatoms. The lowest BCUT2D eigenvalue weighted by Crippen LogP contribution is -2.02. The first-order chi connectivity index (χ1) is 7.90. The molecule has 0 N–H and O–H groups in total. The number of benzene rings is 1. The minimum absolute atomic E-state index is 0.0102. The average Bonchev–Trinajstić information content (AvgIpc) is 2.27. The number of carbonyl (C=O) groups excluding carboxylic acids is 1. The van der Waals surface area contributed by atoms with Gasteiger partial charge in [0.25, 0.3) is 0 Å². The van der Waals surface area contributed by atoms with Gasteiger partial charge in [0.1, 0.15) is 12.0 Å². The van der Waals surface area contributed by atoms with Crippen LogP contribution in [0.3, 0.4) is 0 Å². The van der Waals surface area contributed by atoms with Gasteiger partial charge in [-0.3, -0.25) is 0 Å². The summed E-state index contributed by atoms with van der Waals surface area (Å²) in [6.45, 7) is 1.90. The standard InChI is InChI=1S/C12H16O4S/c1-9(6-7-13)11-5-4-10(17(3,14)15)8-12(11)16-2/h4-5,7-9H,6H2,1-3H3. The fraction of sp³-hybridized carbons (Fsp3) is 0.417. The number of hydrogen-bond acceptors (Lipinski definition) is 4. The Balaban J connectivity index is 3.23. The van der Waals surface area contributed by atoms with E-state index in [1.54, 1.807) is 6.07 Å². The third-order valence-corrected chi connectivity index (χ3v) is 3.72. The highest BCUT2D eigenvalue weighted by Gasteiger charge is 2.15. The maximum absolute atomic E-state index is 11.4. The zero-order valence-electron chi connectivity index (χ0n) is 10.1. The summed E-state index contributed by atoms with van der Waals surface area (Å²) >= 11 is 0. The van der Waals surface area contributed by atoms with Crippen LogP contribution in [-0.2, 0) is 14.6 Å². The third-order valence-electron chi connectivity index (χ3n) is 2.61. The van der Waals surface area contributed by atoms with E-state index in [4.69, 9.17) is 4.74 Å². The molecular weight excluding hydrogens is 240 g/mol. The molecule has 0 spiro atoms. The zero-order valence-corrected chi connectivity index (χ0v) is 11.0. The molecule has 94 valence electrons. The van der Waals surface area contributed by atoms with E-state index in [0.29, 0.717) is 12.2 Å². The van der Waals surface area contributed by atoms with Crippen molar-refractivity contribution < 1.29 is 17.9 Å². The number of methoxy groups -OCH3 is 1. The van der Waals surface area contributed by atoms with E-state index < -0.39 is 9.84 Å². The number of hydrogen-bond donors (Lipinski definition) is 0. The van der Waals surface area contributed by atoms with Gasteiger partial charge in [-0.2, -0.15) is 0 Å². The first-order valence-corrected chi connectivity index (χ1v) is 7.11. The molecule has 0 saturated carbocycles. The fourth-order valence-corrected chi connectivity index (χ4v) is 2.24. The van der Waals surface area contributed by atoms with E-state index in [9.17, 15) is 13.2 Å². The molecule has 1 unspecified atom stereocenters. The minimum Gasteiger partial charge on any atom is -0.496 e. The molecule has 0 saturated heterocycles. The molecule has 1 rings (SSSR count). The van der Waals surface area contributed by atoms with Crippen molar-refractivity contribution in [1.82, 2.24) is 0 Å². The molecule has 17 heavy (non-hydrogen) atoms. The summed E-state index contributed by atoms with van der Waals surface area (Å²) in [5, 5.41) is 0. The second-order valence-corrected chi connectivity index (χ2v) is 6.00. The van der Waals surface area contributed by atoms with Gasteiger partial charge in [-0.25, -0.2) is 8.42 Å². The van der Waals surface area contributed by atoms with Gasteiger partial charge in [0, 0.05) is 12.7 Å². The van der Waals surface area contributed by atoms with E-state index in [1.807, 2.05) is 6.92 Å². The zero-order chi connectivity index (χ0) is 13.1. The van der Waals surface area contributed by atoms with Crippen LogP contribution >= 0.6 is 0 Å². The summed E-state index contributed by atoms with van der Waals surface area (Å²) in [6, 6.07) is 4.73. The van der Waals surface area contributed by atoms with Crippen molar-refractivity contribution in [2.75, 3.05) is 13.4 Å². The summed E-state index contributed by atoms with van der Waals surface area (Å²) in [4.78, 5) is 10.7. The molecule has 0 aliphatic rings. The minimum atomic E-state index is -3.24. The monoisotopic (exact) mass is 256 g/mol. The molecule has 0 heterocycles. The Hall–Kier alpha value is -1.36.